The molecule has 0 radical (unpaired) electrons. The SMILES string of the molecule is CC(=O)OC1CCC2(C)C(CCC3(C)C2CCC2C4C(C(C)C)CCC4(C)CCC23C)C1(C)C. The van der Waals surface area contributed by atoms with Crippen molar-refractivity contribution in [1.82, 2.24) is 0 Å². The van der Waals surface area contributed by atoms with Crippen LogP contribution < -0.4 is 0 Å². The molecule has 0 heterocycles. The van der Waals surface area contributed by atoms with Crippen LogP contribution in [0.5, 0.6) is 0 Å². The molecule has 0 saturated heterocycles. The highest BCUT2D eigenvalue weighted by Crippen LogP contribution is 2.77. The summed E-state index contributed by atoms with van der Waals surface area (Å²) in [6.07, 6.45) is 13.8. The van der Waals surface area contributed by atoms with Crippen LogP contribution in [0.2, 0.25) is 0 Å². The van der Waals surface area contributed by atoms with Gasteiger partial charge in [-0.25, -0.2) is 0 Å². The van der Waals surface area contributed by atoms with E-state index in [4.69, 9.17) is 4.74 Å². The summed E-state index contributed by atoms with van der Waals surface area (Å²) in [5, 5.41) is 0. The van der Waals surface area contributed by atoms with Gasteiger partial charge in [0.05, 0.1) is 0 Å². The third-order valence-corrected chi connectivity index (χ3v) is 14.0. The zero-order valence-corrected chi connectivity index (χ0v) is 23.9. The Bertz CT molecular complexity index is 829. The lowest BCUT2D eigenvalue weighted by atomic mass is 9.32. The van der Waals surface area contributed by atoms with Crippen molar-refractivity contribution in [3.8, 4) is 0 Å². The molecule has 0 amide bonds. The van der Waals surface area contributed by atoms with Crippen molar-refractivity contribution in [2.24, 2.45) is 62.6 Å². The molecule has 194 valence electrons. The predicted molar refractivity (Wildman–Crippen MR) is 140 cm³/mol. The topological polar surface area (TPSA) is 26.3 Å². The van der Waals surface area contributed by atoms with E-state index in [1.54, 1.807) is 6.92 Å². The maximum atomic E-state index is 11.9. The smallest absolute Gasteiger partial charge is 0.302 e. The van der Waals surface area contributed by atoms with Crippen LogP contribution in [0.1, 0.15) is 127 Å². The summed E-state index contributed by atoms with van der Waals surface area (Å²) in [5.74, 6) is 4.96. The monoisotopic (exact) mass is 470 g/mol. The summed E-state index contributed by atoms with van der Waals surface area (Å²) in [6.45, 7) is 22.3. The molecule has 0 aliphatic heterocycles. The van der Waals surface area contributed by atoms with E-state index in [0.29, 0.717) is 27.6 Å². The zero-order chi connectivity index (χ0) is 24.9. The summed E-state index contributed by atoms with van der Waals surface area (Å²) >= 11 is 0. The van der Waals surface area contributed by atoms with Gasteiger partial charge in [-0.15, -0.1) is 0 Å². The first-order valence-corrected chi connectivity index (χ1v) is 14.9. The van der Waals surface area contributed by atoms with Gasteiger partial charge in [0.15, 0.2) is 0 Å². The Hall–Kier alpha value is -0.530. The predicted octanol–water partition coefficient (Wildman–Crippen LogP) is 8.68. The van der Waals surface area contributed by atoms with Crippen molar-refractivity contribution in [2.75, 3.05) is 0 Å². The minimum absolute atomic E-state index is 0.0665. The molecule has 0 aromatic rings. The molecule has 0 aromatic heterocycles. The first-order chi connectivity index (χ1) is 15.7. The number of hydrogen-bond acceptors (Lipinski definition) is 2. The summed E-state index contributed by atoms with van der Waals surface area (Å²) in [4.78, 5) is 11.9. The Morgan fingerprint density at radius 3 is 2.12 bits per heavy atom. The van der Waals surface area contributed by atoms with Gasteiger partial charge in [0.25, 0.3) is 0 Å². The van der Waals surface area contributed by atoms with Gasteiger partial charge in [-0.3, -0.25) is 4.79 Å². The lowest BCUT2D eigenvalue weighted by molar-refractivity contribution is -0.250. The highest BCUT2D eigenvalue weighted by molar-refractivity contribution is 5.66. The van der Waals surface area contributed by atoms with E-state index in [-0.39, 0.29) is 17.5 Å². The van der Waals surface area contributed by atoms with Crippen molar-refractivity contribution >= 4 is 5.97 Å². The molecule has 10 atom stereocenters. The van der Waals surface area contributed by atoms with E-state index >= 15 is 0 Å². The van der Waals surface area contributed by atoms with Crippen molar-refractivity contribution in [3.63, 3.8) is 0 Å². The lowest BCUT2D eigenvalue weighted by Crippen LogP contribution is -2.66. The fourth-order valence-corrected chi connectivity index (χ4v) is 12.1. The zero-order valence-electron chi connectivity index (χ0n) is 23.9. The van der Waals surface area contributed by atoms with Crippen LogP contribution in [0, 0.1) is 62.6 Å². The van der Waals surface area contributed by atoms with E-state index in [0.717, 1.165) is 36.0 Å². The molecule has 2 nitrogen and oxygen atoms in total. The van der Waals surface area contributed by atoms with E-state index in [2.05, 4.69) is 55.4 Å². The van der Waals surface area contributed by atoms with Crippen molar-refractivity contribution in [2.45, 2.75) is 133 Å². The molecule has 5 saturated carbocycles. The molecule has 0 spiro atoms. The Morgan fingerprint density at radius 2 is 1.47 bits per heavy atom. The Balaban J connectivity index is 1.49. The fourth-order valence-electron chi connectivity index (χ4n) is 12.1. The molecule has 34 heavy (non-hydrogen) atoms. The molecular weight excluding hydrogens is 416 g/mol. The average molecular weight is 471 g/mol. The van der Waals surface area contributed by atoms with Gasteiger partial charge in [-0.2, -0.15) is 0 Å². The second-order valence-electron chi connectivity index (χ2n) is 15.8. The van der Waals surface area contributed by atoms with Gasteiger partial charge in [0, 0.05) is 12.3 Å². The number of carbonyl (C=O) groups is 1. The first-order valence-electron chi connectivity index (χ1n) is 14.9. The molecule has 0 aromatic carbocycles. The maximum Gasteiger partial charge on any atom is 0.302 e. The van der Waals surface area contributed by atoms with Crippen LogP contribution in [0.4, 0.5) is 0 Å². The Morgan fingerprint density at radius 1 is 0.765 bits per heavy atom. The van der Waals surface area contributed by atoms with E-state index < -0.39 is 0 Å². The molecule has 5 rings (SSSR count). The molecule has 5 fully saturated rings. The summed E-state index contributed by atoms with van der Waals surface area (Å²) in [6, 6.07) is 0. The van der Waals surface area contributed by atoms with Gasteiger partial charge in [-0.1, -0.05) is 55.4 Å². The van der Waals surface area contributed by atoms with Gasteiger partial charge in [0.2, 0.25) is 0 Å². The minimum Gasteiger partial charge on any atom is -0.462 e. The molecule has 2 heteroatoms. The van der Waals surface area contributed by atoms with E-state index in [1.165, 1.54) is 57.8 Å². The number of fused-ring (bicyclic) bond motifs is 7. The summed E-state index contributed by atoms with van der Waals surface area (Å²) in [7, 11) is 0. The van der Waals surface area contributed by atoms with Crippen LogP contribution in [0.15, 0.2) is 0 Å². The second-order valence-corrected chi connectivity index (χ2v) is 15.8. The fraction of sp³-hybridized carbons (Fsp3) is 0.969. The standard InChI is InChI=1S/C32H54O2/c1-20(2)22-12-15-29(6)18-19-31(8)23(27(22)29)10-11-25-30(7)16-14-26(34-21(3)33)28(4,5)24(30)13-17-32(25,31)9/h20,22-27H,10-19H2,1-9H3. The van der Waals surface area contributed by atoms with Crippen LogP contribution in [-0.2, 0) is 9.53 Å². The second kappa shape index (κ2) is 7.74. The number of ether oxygens (including phenoxy) is 1. The quantitative estimate of drug-likeness (QED) is 0.377. The lowest BCUT2D eigenvalue weighted by Gasteiger charge is -2.73. The van der Waals surface area contributed by atoms with Gasteiger partial charge >= 0.3 is 5.97 Å². The van der Waals surface area contributed by atoms with Crippen LogP contribution in [0.3, 0.4) is 0 Å². The third kappa shape index (κ3) is 3.14. The molecule has 0 bridgehead atoms. The maximum absolute atomic E-state index is 11.9. The molecule has 10 unspecified atom stereocenters. The van der Waals surface area contributed by atoms with Gasteiger partial charge in [0.1, 0.15) is 6.10 Å². The average Bonchev–Trinajstić information content (AvgIpc) is 3.08. The normalized spacial score (nSPS) is 53.9. The number of carbonyl (C=O) groups excluding carboxylic acids is 1. The largest absolute Gasteiger partial charge is 0.462 e. The molecule has 0 N–H and O–H groups in total. The summed E-state index contributed by atoms with van der Waals surface area (Å²) < 4.78 is 5.92. The van der Waals surface area contributed by atoms with Crippen LogP contribution >= 0.6 is 0 Å². The number of hydrogen-bond donors (Lipinski definition) is 0. The highest BCUT2D eigenvalue weighted by Gasteiger charge is 2.70. The van der Waals surface area contributed by atoms with Gasteiger partial charge < -0.3 is 4.74 Å². The molecular formula is C32H54O2. The molecule has 5 aliphatic rings. The first kappa shape index (κ1) is 25.1. The van der Waals surface area contributed by atoms with E-state index in [9.17, 15) is 4.79 Å². The Kier molecular flexibility index (Phi) is 5.72. The highest BCUT2D eigenvalue weighted by atomic mass is 16.5. The third-order valence-electron chi connectivity index (χ3n) is 14.0. The number of rotatable bonds is 2. The van der Waals surface area contributed by atoms with Crippen molar-refractivity contribution in [1.29, 1.82) is 0 Å². The Labute approximate surface area is 210 Å². The molecule has 5 aliphatic carbocycles. The van der Waals surface area contributed by atoms with Gasteiger partial charge in [-0.05, 0) is 121 Å². The van der Waals surface area contributed by atoms with Crippen molar-refractivity contribution < 1.29 is 9.53 Å². The van der Waals surface area contributed by atoms with E-state index in [1.807, 2.05) is 0 Å². The van der Waals surface area contributed by atoms with Crippen molar-refractivity contribution in [3.05, 3.63) is 0 Å². The summed E-state index contributed by atoms with van der Waals surface area (Å²) in [5.41, 5.74) is 1.94. The number of esters is 1. The van der Waals surface area contributed by atoms with Crippen LogP contribution in [0.25, 0.3) is 0 Å². The van der Waals surface area contributed by atoms with Crippen LogP contribution in [-0.4, -0.2) is 12.1 Å². The minimum atomic E-state index is -0.100.